The Morgan fingerprint density at radius 3 is 2.83 bits per heavy atom. The highest BCUT2D eigenvalue weighted by Gasteiger charge is 2.07. The van der Waals surface area contributed by atoms with Crippen molar-refractivity contribution < 1.29 is 9.21 Å². The normalized spacial score (nSPS) is 11.0. The molecule has 114 valence electrons. The summed E-state index contributed by atoms with van der Waals surface area (Å²) in [6.07, 6.45) is 5.51. The number of hydrogen-bond acceptors (Lipinski definition) is 5. The second kappa shape index (κ2) is 6.41. The van der Waals surface area contributed by atoms with Gasteiger partial charge in [-0.25, -0.2) is 5.43 Å². The van der Waals surface area contributed by atoms with Crippen molar-refractivity contribution in [3.8, 4) is 0 Å². The lowest BCUT2D eigenvalue weighted by molar-refractivity contribution is 0.0955. The molecule has 0 saturated carbocycles. The molecule has 0 atom stereocenters. The van der Waals surface area contributed by atoms with Gasteiger partial charge >= 0.3 is 0 Å². The third-order valence-corrected chi connectivity index (χ3v) is 3.31. The minimum atomic E-state index is -0.406. The molecule has 2 heterocycles. The summed E-state index contributed by atoms with van der Waals surface area (Å²) in [7, 11) is 0. The van der Waals surface area contributed by atoms with Crippen LogP contribution in [0.3, 0.4) is 0 Å². The van der Waals surface area contributed by atoms with Crippen molar-refractivity contribution in [1.82, 2.24) is 10.4 Å². The summed E-state index contributed by atoms with van der Waals surface area (Å²) in [6.45, 7) is 0. The number of fused-ring (bicyclic) bond motifs is 1. The van der Waals surface area contributed by atoms with Crippen LogP contribution in [-0.2, 0) is 0 Å². The smallest absolute Gasteiger partial charge is 0.271 e. The fraction of sp³-hybridized carbons (Fsp3) is 0. The molecule has 3 rings (SSSR count). The topological polar surface area (TPSA) is 84.6 Å². The Morgan fingerprint density at radius 2 is 2.04 bits per heavy atom. The molecule has 0 radical (unpaired) electrons. The fourth-order valence-electron chi connectivity index (χ4n) is 1.94. The average molecular weight is 328 g/mol. The Bertz CT molecular complexity index is 952. The van der Waals surface area contributed by atoms with Crippen LogP contribution >= 0.6 is 11.6 Å². The van der Waals surface area contributed by atoms with Gasteiger partial charge in [0.1, 0.15) is 11.8 Å². The van der Waals surface area contributed by atoms with Crippen LogP contribution in [-0.4, -0.2) is 17.1 Å². The van der Waals surface area contributed by atoms with Gasteiger partial charge in [-0.1, -0.05) is 11.6 Å². The van der Waals surface area contributed by atoms with Crippen molar-refractivity contribution in [2.45, 2.75) is 0 Å². The Labute approximate surface area is 135 Å². The molecule has 0 fully saturated rings. The van der Waals surface area contributed by atoms with Crippen molar-refractivity contribution in [1.29, 1.82) is 0 Å². The molecule has 23 heavy (non-hydrogen) atoms. The van der Waals surface area contributed by atoms with Crippen LogP contribution < -0.4 is 10.9 Å². The van der Waals surface area contributed by atoms with Crippen LogP contribution in [0.25, 0.3) is 11.0 Å². The lowest BCUT2D eigenvalue weighted by Crippen LogP contribution is -2.18. The molecule has 2 aromatic heterocycles. The van der Waals surface area contributed by atoms with Gasteiger partial charge in [-0.2, -0.15) is 5.10 Å². The van der Waals surface area contributed by atoms with Crippen LogP contribution in [0.4, 0.5) is 0 Å². The van der Waals surface area contributed by atoms with Gasteiger partial charge in [0.25, 0.3) is 5.91 Å². The summed E-state index contributed by atoms with van der Waals surface area (Å²) in [6, 6.07) is 7.88. The molecule has 6 nitrogen and oxygen atoms in total. The first-order chi connectivity index (χ1) is 11.1. The molecule has 0 unspecified atom stereocenters. The largest absolute Gasteiger partial charge is 0.463 e. The van der Waals surface area contributed by atoms with E-state index >= 15 is 0 Å². The quantitative estimate of drug-likeness (QED) is 0.592. The van der Waals surface area contributed by atoms with Gasteiger partial charge in [0.15, 0.2) is 0 Å². The summed E-state index contributed by atoms with van der Waals surface area (Å²) in [5.41, 5.74) is 3.09. The van der Waals surface area contributed by atoms with Gasteiger partial charge in [-0.3, -0.25) is 14.6 Å². The third-order valence-electron chi connectivity index (χ3n) is 3.07. The number of carbonyl (C=O) groups excluding carboxylic acids is 1. The number of rotatable bonds is 3. The molecule has 0 aliphatic carbocycles. The first-order valence-electron chi connectivity index (χ1n) is 6.59. The van der Waals surface area contributed by atoms with E-state index in [4.69, 9.17) is 16.0 Å². The van der Waals surface area contributed by atoms with Crippen molar-refractivity contribution in [3.63, 3.8) is 0 Å². The molecule has 1 amide bonds. The minimum absolute atomic E-state index is 0.204. The highest BCUT2D eigenvalue weighted by Crippen LogP contribution is 2.16. The number of aromatic nitrogens is 1. The zero-order valence-corrected chi connectivity index (χ0v) is 12.4. The number of nitrogens with one attached hydrogen (secondary N) is 1. The van der Waals surface area contributed by atoms with Gasteiger partial charge in [0.05, 0.1) is 17.2 Å². The van der Waals surface area contributed by atoms with Crippen LogP contribution in [0.5, 0.6) is 0 Å². The monoisotopic (exact) mass is 327 g/mol. The summed E-state index contributed by atoms with van der Waals surface area (Å²) in [5, 5.41) is 4.55. The molecule has 1 N–H and O–H groups in total. The predicted octanol–water partition coefficient (Wildman–Crippen LogP) is 2.61. The van der Waals surface area contributed by atoms with Crippen LogP contribution in [0.15, 0.2) is 63.3 Å². The summed E-state index contributed by atoms with van der Waals surface area (Å²) >= 11 is 5.88. The first kappa shape index (κ1) is 14.9. The van der Waals surface area contributed by atoms with E-state index in [1.165, 1.54) is 30.9 Å². The molecule has 3 aromatic rings. The molecule has 7 heteroatoms. The first-order valence-corrected chi connectivity index (χ1v) is 6.97. The van der Waals surface area contributed by atoms with E-state index in [1.54, 1.807) is 24.3 Å². The van der Waals surface area contributed by atoms with Crippen molar-refractivity contribution in [2.75, 3.05) is 0 Å². The average Bonchev–Trinajstić information content (AvgIpc) is 2.58. The van der Waals surface area contributed by atoms with E-state index in [-0.39, 0.29) is 11.0 Å². The number of benzene rings is 1. The van der Waals surface area contributed by atoms with Crippen LogP contribution in [0.2, 0.25) is 5.02 Å². The zero-order valence-electron chi connectivity index (χ0n) is 11.7. The zero-order chi connectivity index (χ0) is 16.2. The molecule has 0 aliphatic rings. The highest BCUT2D eigenvalue weighted by molar-refractivity contribution is 6.31. The number of hydrazone groups is 1. The third kappa shape index (κ3) is 3.27. The Morgan fingerprint density at radius 1 is 1.26 bits per heavy atom. The maximum Gasteiger partial charge on any atom is 0.271 e. The van der Waals surface area contributed by atoms with Gasteiger partial charge in [0, 0.05) is 23.0 Å². The minimum Gasteiger partial charge on any atom is -0.463 e. The summed E-state index contributed by atoms with van der Waals surface area (Å²) in [5.74, 6) is -0.406. The second-order valence-corrected chi connectivity index (χ2v) is 5.03. The van der Waals surface area contributed by atoms with Crippen molar-refractivity contribution in [3.05, 3.63) is 75.4 Å². The van der Waals surface area contributed by atoms with Crippen LogP contribution in [0, 0.1) is 0 Å². The maximum absolute atomic E-state index is 12.3. The highest BCUT2D eigenvalue weighted by atomic mass is 35.5. The van der Waals surface area contributed by atoms with E-state index < -0.39 is 5.91 Å². The van der Waals surface area contributed by atoms with Crippen molar-refractivity contribution in [2.24, 2.45) is 5.10 Å². The standard InChI is InChI=1S/C16H10ClN3O3/c17-12-1-2-14-13(7-12)15(21)11(9-23-14)8-19-20-16(22)10-3-5-18-6-4-10/h1-9H,(H,20,22). The van der Waals surface area contributed by atoms with E-state index in [9.17, 15) is 9.59 Å². The second-order valence-electron chi connectivity index (χ2n) is 4.60. The summed E-state index contributed by atoms with van der Waals surface area (Å²) < 4.78 is 5.35. The number of halogens is 1. The predicted molar refractivity (Wildman–Crippen MR) is 86.8 cm³/mol. The fourth-order valence-corrected chi connectivity index (χ4v) is 2.11. The number of nitrogens with zero attached hydrogens (tertiary/aromatic N) is 2. The number of amides is 1. The molecule has 0 saturated heterocycles. The molecular weight excluding hydrogens is 318 g/mol. The molecule has 0 aliphatic heterocycles. The van der Waals surface area contributed by atoms with E-state index in [0.717, 1.165) is 0 Å². The molecule has 0 spiro atoms. The van der Waals surface area contributed by atoms with Gasteiger partial charge in [-0.15, -0.1) is 0 Å². The lowest BCUT2D eigenvalue weighted by Gasteiger charge is -2.00. The molecule has 1 aromatic carbocycles. The maximum atomic E-state index is 12.3. The Balaban J connectivity index is 1.83. The van der Waals surface area contributed by atoms with Gasteiger partial charge < -0.3 is 4.42 Å². The van der Waals surface area contributed by atoms with E-state index in [1.807, 2.05) is 0 Å². The van der Waals surface area contributed by atoms with Gasteiger partial charge in [0.2, 0.25) is 5.43 Å². The van der Waals surface area contributed by atoms with Gasteiger partial charge in [-0.05, 0) is 30.3 Å². The number of pyridine rings is 1. The molecular formula is C16H10ClN3O3. The SMILES string of the molecule is O=C(NN=Cc1coc2ccc(Cl)cc2c1=O)c1ccncc1. The Kier molecular flexibility index (Phi) is 4.16. The van der Waals surface area contributed by atoms with Crippen molar-refractivity contribution >= 4 is 34.7 Å². The Hall–Kier alpha value is -2.99. The van der Waals surface area contributed by atoms with E-state index in [0.29, 0.717) is 21.6 Å². The number of hydrogen-bond donors (Lipinski definition) is 1. The van der Waals surface area contributed by atoms with E-state index in [2.05, 4.69) is 15.5 Å². The number of carbonyl (C=O) groups is 1. The lowest BCUT2D eigenvalue weighted by atomic mass is 10.2. The molecule has 0 bridgehead atoms. The van der Waals surface area contributed by atoms with Crippen LogP contribution in [0.1, 0.15) is 15.9 Å². The summed E-state index contributed by atoms with van der Waals surface area (Å²) in [4.78, 5) is 27.9.